The number of rotatable bonds is 5. The molecule has 0 amide bonds. The number of likely N-dealkylation sites (N-methyl/N-ethyl adjacent to an activating group) is 1. The van der Waals surface area contributed by atoms with Crippen LogP contribution in [-0.4, -0.2) is 55.3 Å². The Balaban J connectivity index is 1.95. The van der Waals surface area contributed by atoms with E-state index in [0.717, 1.165) is 12.3 Å². The fourth-order valence-corrected chi connectivity index (χ4v) is 3.25. The Morgan fingerprint density at radius 1 is 1.32 bits per heavy atom. The van der Waals surface area contributed by atoms with Crippen molar-refractivity contribution in [2.75, 3.05) is 39.5 Å². The number of thiol groups is 1. The Labute approximate surface area is 123 Å². The van der Waals surface area contributed by atoms with Crippen LogP contribution in [0.5, 0.6) is 0 Å². The second kappa shape index (κ2) is 7.32. The molecule has 3 heteroatoms. The lowest BCUT2D eigenvalue weighted by molar-refractivity contribution is 0.129. The van der Waals surface area contributed by atoms with Gasteiger partial charge in [0.2, 0.25) is 0 Å². The van der Waals surface area contributed by atoms with Gasteiger partial charge in [0, 0.05) is 25.0 Å². The zero-order valence-corrected chi connectivity index (χ0v) is 13.0. The van der Waals surface area contributed by atoms with Gasteiger partial charge in [-0.1, -0.05) is 30.3 Å². The third kappa shape index (κ3) is 4.23. The molecule has 1 heterocycles. The van der Waals surface area contributed by atoms with Gasteiger partial charge in [-0.05, 0) is 44.8 Å². The van der Waals surface area contributed by atoms with E-state index in [4.69, 9.17) is 0 Å². The Bertz CT molecular complexity index is 366. The van der Waals surface area contributed by atoms with Crippen LogP contribution in [0.3, 0.4) is 0 Å². The van der Waals surface area contributed by atoms with Crippen molar-refractivity contribution < 1.29 is 0 Å². The molecule has 1 aromatic rings. The molecule has 2 nitrogen and oxygen atoms in total. The summed E-state index contributed by atoms with van der Waals surface area (Å²) < 4.78 is 0. The highest BCUT2D eigenvalue weighted by molar-refractivity contribution is 7.80. The average molecular weight is 278 g/mol. The summed E-state index contributed by atoms with van der Waals surface area (Å²) in [5.41, 5.74) is 1.42. The predicted octanol–water partition coefficient (Wildman–Crippen LogP) is 2.73. The summed E-state index contributed by atoms with van der Waals surface area (Å²) in [4.78, 5) is 4.98. The lowest BCUT2D eigenvalue weighted by atomic mass is 9.98. The first-order chi connectivity index (χ1) is 9.20. The maximum atomic E-state index is 4.55. The summed E-state index contributed by atoms with van der Waals surface area (Å²) in [6.07, 6.45) is 2.65. The highest BCUT2D eigenvalue weighted by Gasteiger charge is 2.23. The molecule has 0 aliphatic carbocycles. The lowest BCUT2D eigenvalue weighted by Gasteiger charge is -2.37. The average Bonchev–Trinajstić information content (AvgIpc) is 2.46. The van der Waals surface area contributed by atoms with E-state index in [1.807, 2.05) is 0 Å². The summed E-state index contributed by atoms with van der Waals surface area (Å²) in [6, 6.07) is 11.5. The minimum Gasteiger partial charge on any atom is -0.305 e. The molecule has 1 aromatic carbocycles. The van der Waals surface area contributed by atoms with Crippen LogP contribution in [0.1, 0.15) is 24.3 Å². The molecule has 1 aliphatic rings. The van der Waals surface area contributed by atoms with Gasteiger partial charge in [-0.3, -0.25) is 0 Å². The van der Waals surface area contributed by atoms with Crippen LogP contribution in [0.15, 0.2) is 30.3 Å². The predicted molar refractivity (Wildman–Crippen MR) is 86.2 cm³/mol. The minimum absolute atomic E-state index is 0.547. The topological polar surface area (TPSA) is 6.48 Å². The van der Waals surface area contributed by atoms with E-state index in [9.17, 15) is 0 Å². The maximum Gasteiger partial charge on any atom is 0.0217 e. The van der Waals surface area contributed by atoms with Crippen LogP contribution in [0, 0.1) is 0 Å². The van der Waals surface area contributed by atoms with Crippen molar-refractivity contribution in [1.82, 2.24) is 9.80 Å². The van der Waals surface area contributed by atoms with Crippen molar-refractivity contribution in [3.63, 3.8) is 0 Å². The van der Waals surface area contributed by atoms with E-state index in [2.05, 4.69) is 66.9 Å². The Kier molecular flexibility index (Phi) is 5.74. The van der Waals surface area contributed by atoms with E-state index in [0.29, 0.717) is 12.0 Å². The largest absolute Gasteiger partial charge is 0.305 e. The summed E-state index contributed by atoms with van der Waals surface area (Å²) in [5.74, 6) is 1.47. The van der Waals surface area contributed by atoms with E-state index >= 15 is 0 Å². The van der Waals surface area contributed by atoms with Crippen LogP contribution < -0.4 is 0 Å². The standard InChI is InChI=1S/C16H26N2S/c1-17(2)16-9-6-10-18(12-16)11-15(13-19)14-7-4-3-5-8-14/h3-5,7-8,15-16,19H,6,9-13H2,1-2H3. The zero-order valence-electron chi connectivity index (χ0n) is 12.1. The zero-order chi connectivity index (χ0) is 13.7. The molecule has 2 rings (SSSR count). The van der Waals surface area contributed by atoms with E-state index in [1.54, 1.807) is 0 Å². The van der Waals surface area contributed by atoms with Gasteiger partial charge in [-0.25, -0.2) is 0 Å². The molecule has 2 atom stereocenters. The molecule has 0 bridgehead atoms. The fraction of sp³-hybridized carbons (Fsp3) is 0.625. The van der Waals surface area contributed by atoms with Crippen molar-refractivity contribution in [2.24, 2.45) is 0 Å². The van der Waals surface area contributed by atoms with Crippen molar-refractivity contribution in [1.29, 1.82) is 0 Å². The summed E-state index contributed by atoms with van der Waals surface area (Å²) in [6.45, 7) is 3.57. The van der Waals surface area contributed by atoms with Gasteiger partial charge < -0.3 is 9.80 Å². The Morgan fingerprint density at radius 3 is 2.68 bits per heavy atom. The quantitative estimate of drug-likeness (QED) is 0.828. The number of hydrogen-bond acceptors (Lipinski definition) is 3. The highest BCUT2D eigenvalue weighted by Crippen LogP contribution is 2.21. The molecule has 19 heavy (non-hydrogen) atoms. The van der Waals surface area contributed by atoms with Crippen molar-refractivity contribution in [2.45, 2.75) is 24.8 Å². The number of piperidine rings is 1. The molecule has 0 aromatic heterocycles. The summed E-state index contributed by atoms with van der Waals surface area (Å²) in [7, 11) is 4.39. The Hall–Kier alpha value is -0.510. The smallest absolute Gasteiger partial charge is 0.0217 e. The first kappa shape index (κ1) is 14.9. The molecule has 1 fully saturated rings. The van der Waals surface area contributed by atoms with Crippen LogP contribution in [0.25, 0.3) is 0 Å². The van der Waals surface area contributed by atoms with Crippen LogP contribution in [0.4, 0.5) is 0 Å². The third-order valence-electron chi connectivity index (χ3n) is 4.18. The van der Waals surface area contributed by atoms with Gasteiger partial charge in [-0.15, -0.1) is 0 Å². The number of nitrogens with zero attached hydrogens (tertiary/aromatic N) is 2. The molecule has 0 saturated carbocycles. The molecule has 0 spiro atoms. The van der Waals surface area contributed by atoms with E-state index in [-0.39, 0.29) is 0 Å². The molecular formula is C16H26N2S. The monoisotopic (exact) mass is 278 g/mol. The molecule has 106 valence electrons. The van der Waals surface area contributed by atoms with Crippen LogP contribution in [-0.2, 0) is 0 Å². The first-order valence-corrected chi connectivity index (χ1v) is 7.88. The minimum atomic E-state index is 0.547. The fourth-order valence-electron chi connectivity index (χ4n) is 2.92. The molecular weight excluding hydrogens is 252 g/mol. The molecule has 2 unspecified atom stereocenters. The van der Waals surface area contributed by atoms with Gasteiger partial charge in [-0.2, -0.15) is 12.6 Å². The van der Waals surface area contributed by atoms with Crippen molar-refractivity contribution >= 4 is 12.6 Å². The van der Waals surface area contributed by atoms with Gasteiger partial charge in [0.1, 0.15) is 0 Å². The second-order valence-electron chi connectivity index (χ2n) is 5.81. The lowest BCUT2D eigenvalue weighted by Crippen LogP contribution is -2.46. The molecule has 1 aliphatic heterocycles. The highest BCUT2D eigenvalue weighted by atomic mass is 32.1. The van der Waals surface area contributed by atoms with Gasteiger partial charge in [0.15, 0.2) is 0 Å². The van der Waals surface area contributed by atoms with Gasteiger partial charge in [0.05, 0.1) is 0 Å². The number of benzene rings is 1. The van der Waals surface area contributed by atoms with Gasteiger partial charge >= 0.3 is 0 Å². The Morgan fingerprint density at radius 2 is 2.05 bits per heavy atom. The second-order valence-corrected chi connectivity index (χ2v) is 6.17. The maximum absolute atomic E-state index is 4.55. The van der Waals surface area contributed by atoms with Crippen molar-refractivity contribution in [3.05, 3.63) is 35.9 Å². The molecule has 0 N–H and O–H groups in total. The van der Waals surface area contributed by atoms with Crippen LogP contribution in [0.2, 0.25) is 0 Å². The number of hydrogen-bond donors (Lipinski definition) is 1. The van der Waals surface area contributed by atoms with Crippen LogP contribution >= 0.6 is 12.6 Å². The first-order valence-electron chi connectivity index (χ1n) is 7.25. The normalized spacial score (nSPS) is 22.6. The SMILES string of the molecule is CN(C)C1CCCN(CC(CS)c2ccccc2)C1. The van der Waals surface area contributed by atoms with E-state index in [1.165, 1.54) is 31.5 Å². The molecule has 1 saturated heterocycles. The van der Waals surface area contributed by atoms with Gasteiger partial charge in [0.25, 0.3) is 0 Å². The van der Waals surface area contributed by atoms with Crippen molar-refractivity contribution in [3.8, 4) is 0 Å². The third-order valence-corrected chi connectivity index (χ3v) is 4.62. The summed E-state index contributed by atoms with van der Waals surface area (Å²) in [5, 5.41) is 0. The number of likely N-dealkylation sites (tertiary alicyclic amines) is 1. The van der Waals surface area contributed by atoms with E-state index < -0.39 is 0 Å². The summed E-state index contributed by atoms with van der Waals surface area (Å²) >= 11 is 4.55. The molecule has 0 radical (unpaired) electrons.